The number of alkyl halides is 3. The van der Waals surface area contributed by atoms with E-state index in [1.807, 2.05) is 6.07 Å². The third-order valence-electron chi connectivity index (χ3n) is 3.91. The van der Waals surface area contributed by atoms with Crippen LogP contribution in [0.1, 0.15) is 17.0 Å². The molecular formula is C13H14F3NO. The topological polar surface area (TPSA) is 21.3 Å². The van der Waals surface area contributed by atoms with Crippen LogP contribution in [0.25, 0.3) is 0 Å². The quantitative estimate of drug-likeness (QED) is 0.879. The molecule has 1 heterocycles. The highest BCUT2D eigenvalue weighted by molar-refractivity contribution is 5.41. The second-order valence-corrected chi connectivity index (χ2v) is 5.08. The van der Waals surface area contributed by atoms with E-state index in [0.717, 1.165) is 18.7 Å². The number of hydrogen-bond acceptors (Lipinski definition) is 2. The molecule has 1 saturated carbocycles. The van der Waals surface area contributed by atoms with E-state index in [9.17, 15) is 13.2 Å². The third kappa shape index (κ3) is 2.07. The van der Waals surface area contributed by atoms with E-state index in [1.165, 1.54) is 0 Å². The van der Waals surface area contributed by atoms with Crippen LogP contribution in [0.3, 0.4) is 0 Å². The van der Waals surface area contributed by atoms with Crippen molar-refractivity contribution < 1.29 is 17.9 Å². The Labute approximate surface area is 103 Å². The van der Waals surface area contributed by atoms with Crippen LogP contribution in [0.5, 0.6) is 5.75 Å². The highest BCUT2D eigenvalue weighted by Gasteiger charge is 2.53. The predicted molar refractivity (Wildman–Crippen MR) is 60.5 cm³/mol. The Bertz CT molecular complexity index is 462. The molecule has 1 N–H and O–H groups in total. The second kappa shape index (κ2) is 3.88. The molecule has 2 aliphatic rings. The van der Waals surface area contributed by atoms with Crippen molar-refractivity contribution in [3.05, 3.63) is 29.3 Å². The Hall–Kier alpha value is -1.23. The molecule has 0 aromatic heterocycles. The summed E-state index contributed by atoms with van der Waals surface area (Å²) in [5.41, 5.74) is 1.48. The number of ether oxygens (including phenoxy) is 1. The summed E-state index contributed by atoms with van der Waals surface area (Å²) in [4.78, 5) is 0. The van der Waals surface area contributed by atoms with Crippen LogP contribution in [0.2, 0.25) is 0 Å². The molecule has 98 valence electrons. The number of rotatable bonds is 2. The smallest absolute Gasteiger partial charge is 0.406 e. The van der Waals surface area contributed by atoms with Crippen LogP contribution in [-0.2, 0) is 0 Å². The van der Waals surface area contributed by atoms with Gasteiger partial charge in [-0.3, -0.25) is 0 Å². The van der Waals surface area contributed by atoms with Gasteiger partial charge in [-0.05, 0) is 55.0 Å². The van der Waals surface area contributed by atoms with Crippen molar-refractivity contribution in [2.24, 2.45) is 11.8 Å². The molecular weight excluding hydrogens is 243 g/mol. The zero-order valence-electron chi connectivity index (χ0n) is 9.92. The van der Waals surface area contributed by atoms with Crippen molar-refractivity contribution in [3.8, 4) is 5.75 Å². The molecule has 2 nitrogen and oxygen atoms in total. The molecule has 18 heavy (non-hydrogen) atoms. The van der Waals surface area contributed by atoms with Crippen molar-refractivity contribution >= 4 is 0 Å². The molecule has 2 fully saturated rings. The molecule has 1 aliphatic heterocycles. The lowest BCUT2D eigenvalue weighted by Gasteiger charge is -2.13. The van der Waals surface area contributed by atoms with E-state index in [1.54, 1.807) is 19.1 Å². The van der Waals surface area contributed by atoms with Gasteiger partial charge < -0.3 is 10.1 Å². The number of aryl methyl sites for hydroxylation is 1. The third-order valence-corrected chi connectivity index (χ3v) is 3.91. The number of hydrogen-bond donors (Lipinski definition) is 1. The molecule has 0 bridgehead atoms. The molecule has 5 heteroatoms. The SMILES string of the molecule is Cc1ccc(C2C3CNC[C@H]32)cc1OC(F)(F)F. The Kier molecular flexibility index (Phi) is 2.55. The lowest BCUT2D eigenvalue weighted by molar-refractivity contribution is -0.274. The van der Waals surface area contributed by atoms with Gasteiger partial charge in [-0.2, -0.15) is 0 Å². The van der Waals surface area contributed by atoms with Crippen LogP contribution in [0, 0.1) is 18.8 Å². The summed E-state index contributed by atoms with van der Waals surface area (Å²) in [6.45, 7) is 3.57. The second-order valence-electron chi connectivity index (χ2n) is 5.08. The van der Waals surface area contributed by atoms with E-state index in [0.29, 0.717) is 23.3 Å². The molecule has 1 aromatic rings. The van der Waals surface area contributed by atoms with Gasteiger partial charge in [0.15, 0.2) is 0 Å². The van der Waals surface area contributed by atoms with Crippen molar-refractivity contribution in [2.75, 3.05) is 13.1 Å². The molecule has 1 aliphatic carbocycles. The van der Waals surface area contributed by atoms with E-state index in [-0.39, 0.29) is 5.75 Å². The molecule has 2 unspecified atom stereocenters. The summed E-state index contributed by atoms with van der Waals surface area (Å²) in [6, 6.07) is 5.17. The van der Waals surface area contributed by atoms with Crippen LogP contribution in [0.15, 0.2) is 18.2 Å². The van der Waals surface area contributed by atoms with Gasteiger partial charge in [-0.15, -0.1) is 13.2 Å². The maximum absolute atomic E-state index is 12.3. The normalized spacial score (nSPS) is 30.1. The van der Waals surface area contributed by atoms with Crippen molar-refractivity contribution in [2.45, 2.75) is 19.2 Å². The Morgan fingerprint density at radius 3 is 2.50 bits per heavy atom. The maximum atomic E-state index is 12.3. The fraction of sp³-hybridized carbons (Fsp3) is 0.538. The highest BCUT2D eigenvalue weighted by atomic mass is 19.4. The van der Waals surface area contributed by atoms with E-state index >= 15 is 0 Å². The van der Waals surface area contributed by atoms with Crippen LogP contribution >= 0.6 is 0 Å². The Morgan fingerprint density at radius 1 is 1.22 bits per heavy atom. The summed E-state index contributed by atoms with van der Waals surface area (Å²) in [6.07, 6.45) is -4.62. The van der Waals surface area contributed by atoms with Gasteiger partial charge in [-0.1, -0.05) is 12.1 Å². The number of nitrogens with one attached hydrogen (secondary N) is 1. The van der Waals surface area contributed by atoms with Gasteiger partial charge in [0.05, 0.1) is 0 Å². The largest absolute Gasteiger partial charge is 0.573 e. The Balaban J connectivity index is 1.83. The minimum atomic E-state index is -4.62. The lowest BCUT2D eigenvalue weighted by atomic mass is 10.0. The summed E-state index contributed by atoms with van der Waals surface area (Å²) >= 11 is 0. The fourth-order valence-corrected chi connectivity index (χ4v) is 2.97. The minimum Gasteiger partial charge on any atom is -0.406 e. The minimum absolute atomic E-state index is 0.0714. The monoisotopic (exact) mass is 257 g/mol. The van der Waals surface area contributed by atoms with Gasteiger partial charge >= 0.3 is 6.36 Å². The standard InChI is InChI=1S/C13H14F3NO/c1-7-2-3-8(4-11(7)18-13(14,15)16)12-9-5-17-6-10(9)12/h2-4,9-10,12,17H,5-6H2,1H3/t9-,10?,12?/m1/s1. The molecule has 0 spiro atoms. The van der Waals surface area contributed by atoms with E-state index in [2.05, 4.69) is 10.1 Å². The first kappa shape index (κ1) is 11.8. The van der Waals surface area contributed by atoms with Gasteiger partial charge in [0.1, 0.15) is 5.75 Å². The molecule has 0 amide bonds. The summed E-state index contributed by atoms with van der Waals surface area (Å²) in [7, 11) is 0. The molecule has 3 atom stereocenters. The summed E-state index contributed by atoms with van der Waals surface area (Å²) in [5, 5.41) is 3.27. The van der Waals surface area contributed by atoms with Crippen LogP contribution < -0.4 is 10.1 Å². The predicted octanol–water partition coefficient (Wildman–Crippen LogP) is 2.83. The maximum Gasteiger partial charge on any atom is 0.573 e. The Morgan fingerprint density at radius 2 is 1.89 bits per heavy atom. The molecule has 0 radical (unpaired) electrons. The average molecular weight is 257 g/mol. The molecule has 1 aromatic carbocycles. The molecule has 3 rings (SSSR count). The highest BCUT2D eigenvalue weighted by Crippen LogP contribution is 2.56. The first-order chi connectivity index (χ1) is 8.46. The van der Waals surface area contributed by atoms with E-state index in [4.69, 9.17) is 0 Å². The van der Waals surface area contributed by atoms with Crippen molar-refractivity contribution in [3.63, 3.8) is 0 Å². The van der Waals surface area contributed by atoms with Gasteiger partial charge in [0.2, 0.25) is 0 Å². The van der Waals surface area contributed by atoms with E-state index < -0.39 is 6.36 Å². The van der Waals surface area contributed by atoms with Gasteiger partial charge in [0.25, 0.3) is 0 Å². The van der Waals surface area contributed by atoms with Gasteiger partial charge in [-0.25, -0.2) is 0 Å². The number of piperidine rings is 1. The number of halogens is 3. The average Bonchev–Trinajstić information content (AvgIpc) is 2.75. The van der Waals surface area contributed by atoms with Crippen molar-refractivity contribution in [1.29, 1.82) is 0 Å². The molecule has 1 saturated heterocycles. The van der Waals surface area contributed by atoms with Crippen LogP contribution in [-0.4, -0.2) is 19.5 Å². The lowest BCUT2D eigenvalue weighted by Crippen LogP contribution is -2.18. The summed E-state index contributed by atoms with van der Waals surface area (Å²) < 4.78 is 40.9. The number of fused-ring (bicyclic) bond motifs is 1. The summed E-state index contributed by atoms with van der Waals surface area (Å²) in [5.74, 6) is 1.51. The fourth-order valence-electron chi connectivity index (χ4n) is 2.97. The first-order valence-electron chi connectivity index (χ1n) is 6.03. The zero-order valence-corrected chi connectivity index (χ0v) is 9.92. The van der Waals surface area contributed by atoms with Crippen molar-refractivity contribution in [1.82, 2.24) is 5.32 Å². The first-order valence-corrected chi connectivity index (χ1v) is 6.03. The zero-order chi connectivity index (χ0) is 12.9. The van der Waals surface area contributed by atoms with Gasteiger partial charge in [0, 0.05) is 0 Å². The number of benzene rings is 1. The van der Waals surface area contributed by atoms with Crippen LogP contribution in [0.4, 0.5) is 13.2 Å².